The second-order valence-electron chi connectivity index (χ2n) is 4.57. The molecule has 1 fully saturated rings. The van der Waals surface area contributed by atoms with Crippen molar-refractivity contribution in [3.05, 3.63) is 29.0 Å². The van der Waals surface area contributed by atoms with Gasteiger partial charge >= 0.3 is 5.97 Å². The molecule has 1 heterocycles. The molecule has 2 atom stereocenters. The summed E-state index contributed by atoms with van der Waals surface area (Å²) in [5, 5.41) is 0.316. The Hall–Kier alpha value is -1.09. The highest BCUT2D eigenvalue weighted by Gasteiger charge is 2.25. The Labute approximate surface area is 106 Å². The highest BCUT2D eigenvalue weighted by molar-refractivity contribution is 6.29. The first-order chi connectivity index (χ1) is 8.16. The summed E-state index contributed by atoms with van der Waals surface area (Å²) in [5.74, 6) is 0.151. The number of aromatic nitrogens is 1. The predicted octanol–water partition coefficient (Wildman–Crippen LogP) is 3.47. The Morgan fingerprint density at radius 2 is 2.24 bits per heavy atom. The number of hydrogen-bond donors (Lipinski definition) is 0. The molecule has 1 aliphatic rings. The van der Waals surface area contributed by atoms with Crippen LogP contribution in [-0.2, 0) is 4.74 Å². The third kappa shape index (κ3) is 3.19. The monoisotopic (exact) mass is 253 g/mol. The molecule has 92 valence electrons. The number of halogens is 1. The van der Waals surface area contributed by atoms with Crippen LogP contribution in [0.2, 0.25) is 5.15 Å². The summed E-state index contributed by atoms with van der Waals surface area (Å²) in [7, 11) is 0. The number of esters is 1. The van der Waals surface area contributed by atoms with E-state index in [1.165, 1.54) is 18.7 Å². The molecule has 0 spiro atoms. The Morgan fingerprint density at radius 3 is 2.94 bits per heavy atom. The minimum Gasteiger partial charge on any atom is -0.458 e. The highest BCUT2D eigenvalue weighted by atomic mass is 35.5. The molecule has 4 heteroatoms. The minimum absolute atomic E-state index is 0.0446. The molecule has 1 aliphatic carbocycles. The number of nitrogens with zero attached hydrogens (tertiary/aromatic N) is 1. The summed E-state index contributed by atoms with van der Waals surface area (Å²) >= 11 is 5.74. The van der Waals surface area contributed by atoms with Crippen molar-refractivity contribution in [2.45, 2.75) is 38.7 Å². The van der Waals surface area contributed by atoms with Crippen LogP contribution in [0.3, 0.4) is 0 Å². The SMILES string of the molecule is CC1CCCCC1OC(=O)c1ccnc(Cl)c1. The quantitative estimate of drug-likeness (QED) is 0.598. The maximum absolute atomic E-state index is 11.9. The molecule has 0 aromatic carbocycles. The number of pyridine rings is 1. The van der Waals surface area contributed by atoms with Crippen LogP contribution in [0.15, 0.2) is 18.3 Å². The van der Waals surface area contributed by atoms with Gasteiger partial charge in [-0.15, -0.1) is 0 Å². The van der Waals surface area contributed by atoms with Crippen molar-refractivity contribution in [2.24, 2.45) is 5.92 Å². The number of hydrogen-bond acceptors (Lipinski definition) is 3. The van der Waals surface area contributed by atoms with Gasteiger partial charge in [0.25, 0.3) is 0 Å². The van der Waals surface area contributed by atoms with E-state index in [2.05, 4.69) is 11.9 Å². The molecule has 0 N–H and O–H groups in total. The maximum Gasteiger partial charge on any atom is 0.338 e. The predicted molar refractivity (Wildman–Crippen MR) is 66.1 cm³/mol. The van der Waals surface area contributed by atoms with Crippen molar-refractivity contribution >= 4 is 17.6 Å². The molecule has 2 unspecified atom stereocenters. The topological polar surface area (TPSA) is 39.2 Å². The van der Waals surface area contributed by atoms with E-state index in [0.717, 1.165) is 19.3 Å². The van der Waals surface area contributed by atoms with Crippen LogP contribution in [0.25, 0.3) is 0 Å². The zero-order valence-electron chi connectivity index (χ0n) is 9.86. The molecule has 0 radical (unpaired) electrons. The molecule has 0 amide bonds. The van der Waals surface area contributed by atoms with E-state index >= 15 is 0 Å². The minimum atomic E-state index is -0.298. The van der Waals surface area contributed by atoms with Gasteiger partial charge in [-0.1, -0.05) is 24.9 Å². The van der Waals surface area contributed by atoms with Crippen molar-refractivity contribution in [3.63, 3.8) is 0 Å². The van der Waals surface area contributed by atoms with Gasteiger partial charge in [0.2, 0.25) is 0 Å². The average Bonchev–Trinajstić information content (AvgIpc) is 2.32. The highest BCUT2D eigenvalue weighted by Crippen LogP contribution is 2.27. The second kappa shape index (κ2) is 5.50. The summed E-state index contributed by atoms with van der Waals surface area (Å²) in [4.78, 5) is 15.7. The Kier molecular flexibility index (Phi) is 4.00. The smallest absolute Gasteiger partial charge is 0.338 e. The van der Waals surface area contributed by atoms with Gasteiger partial charge in [0, 0.05) is 6.20 Å². The van der Waals surface area contributed by atoms with Crippen molar-refractivity contribution in [1.29, 1.82) is 0 Å². The molecule has 1 aromatic rings. The van der Waals surface area contributed by atoms with Crippen LogP contribution in [0.1, 0.15) is 43.0 Å². The Bertz CT molecular complexity index is 408. The van der Waals surface area contributed by atoms with E-state index in [0.29, 0.717) is 16.6 Å². The largest absolute Gasteiger partial charge is 0.458 e. The lowest BCUT2D eigenvalue weighted by molar-refractivity contribution is 0.00480. The standard InChI is InChI=1S/C13H16ClNO2/c1-9-4-2-3-5-11(9)17-13(16)10-6-7-15-12(14)8-10/h6-9,11H,2-5H2,1H3. The normalized spacial score (nSPS) is 24.4. The summed E-state index contributed by atoms with van der Waals surface area (Å²) in [6, 6.07) is 3.17. The van der Waals surface area contributed by atoms with Crippen molar-refractivity contribution in [3.8, 4) is 0 Å². The van der Waals surface area contributed by atoms with Crippen LogP contribution in [0, 0.1) is 5.92 Å². The van der Waals surface area contributed by atoms with Gasteiger partial charge in [-0.2, -0.15) is 0 Å². The number of carbonyl (C=O) groups excluding carboxylic acids is 1. The van der Waals surface area contributed by atoms with E-state index in [1.54, 1.807) is 6.07 Å². The zero-order valence-corrected chi connectivity index (χ0v) is 10.6. The fourth-order valence-corrected chi connectivity index (χ4v) is 2.37. The summed E-state index contributed by atoms with van der Waals surface area (Å²) < 4.78 is 5.52. The first-order valence-corrected chi connectivity index (χ1v) is 6.37. The lowest BCUT2D eigenvalue weighted by atomic mass is 9.88. The number of rotatable bonds is 2. The van der Waals surface area contributed by atoms with E-state index in [4.69, 9.17) is 16.3 Å². The van der Waals surface area contributed by atoms with Gasteiger partial charge in [0.15, 0.2) is 0 Å². The van der Waals surface area contributed by atoms with Crippen LogP contribution in [-0.4, -0.2) is 17.1 Å². The zero-order chi connectivity index (χ0) is 12.3. The third-order valence-corrected chi connectivity index (χ3v) is 3.46. The fraction of sp³-hybridized carbons (Fsp3) is 0.538. The van der Waals surface area contributed by atoms with Gasteiger partial charge in [-0.25, -0.2) is 9.78 Å². The van der Waals surface area contributed by atoms with Gasteiger partial charge in [0.1, 0.15) is 11.3 Å². The molecule has 0 bridgehead atoms. The molecular formula is C13H16ClNO2. The average molecular weight is 254 g/mol. The van der Waals surface area contributed by atoms with E-state index < -0.39 is 0 Å². The van der Waals surface area contributed by atoms with Gasteiger partial charge in [-0.3, -0.25) is 0 Å². The Balaban J connectivity index is 2.01. The lowest BCUT2D eigenvalue weighted by Gasteiger charge is -2.28. The second-order valence-corrected chi connectivity index (χ2v) is 4.96. The molecule has 2 rings (SSSR count). The van der Waals surface area contributed by atoms with Gasteiger partial charge in [-0.05, 0) is 37.3 Å². The van der Waals surface area contributed by atoms with Gasteiger partial charge < -0.3 is 4.74 Å². The molecule has 3 nitrogen and oxygen atoms in total. The molecule has 1 aromatic heterocycles. The summed E-state index contributed by atoms with van der Waals surface area (Å²) in [5.41, 5.74) is 0.475. The molecule has 0 saturated heterocycles. The molecular weight excluding hydrogens is 238 g/mol. The summed E-state index contributed by atoms with van der Waals surface area (Å²) in [6.45, 7) is 2.14. The molecule has 1 saturated carbocycles. The maximum atomic E-state index is 11.9. The van der Waals surface area contributed by atoms with Gasteiger partial charge in [0.05, 0.1) is 5.56 Å². The third-order valence-electron chi connectivity index (χ3n) is 3.25. The lowest BCUT2D eigenvalue weighted by Crippen LogP contribution is -2.28. The molecule has 0 aliphatic heterocycles. The van der Waals surface area contributed by atoms with E-state index in [9.17, 15) is 4.79 Å². The first-order valence-electron chi connectivity index (χ1n) is 5.99. The van der Waals surface area contributed by atoms with Crippen molar-refractivity contribution in [1.82, 2.24) is 4.98 Å². The summed E-state index contributed by atoms with van der Waals surface area (Å²) in [6.07, 6.45) is 6.03. The van der Waals surface area contributed by atoms with E-state index in [1.807, 2.05) is 0 Å². The van der Waals surface area contributed by atoms with Crippen LogP contribution >= 0.6 is 11.6 Å². The first kappa shape index (κ1) is 12.4. The number of ether oxygens (including phenoxy) is 1. The van der Waals surface area contributed by atoms with Crippen molar-refractivity contribution < 1.29 is 9.53 Å². The van der Waals surface area contributed by atoms with Crippen LogP contribution in [0.5, 0.6) is 0 Å². The van der Waals surface area contributed by atoms with E-state index in [-0.39, 0.29) is 12.1 Å². The number of carbonyl (C=O) groups is 1. The van der Waals surface area contributed by atoms with Crippen LogP contribution in [0.4, 0.5) is 0 Å². The van der Waals surface area contributed by atoms with Crippen LogP contribution < -0.4 is 0 Å². The Morgan fingerprint density at radius 1 is 1.47 bits per heavy atom. The van der Waals surface area contributed by atoms with Crippen molar-refractivity contribution in [2.75, 3.05) is 0 Å². The fourth-order valence-electron chi connectivity index (χ4n) is 2.19. The molecule has 17 heavy (non-hydrogen) atoms.